The summed E-state index contributed by atoms with van der Waals surface area (Å²) in [6.07, 6.45) is 1.97. The molecule has 0 radical (unpaired) electrons. The van der Waals surface area contributed by atoms with Gasteiger partial charge in [-0.1, -0.05) is 15.9 Å². The third-order valence-corrected chi connectivity index (χ3v) is 5.37. The number of hydrogen-bond acceptors (Lipinski definition) is 4. The number of imidazole rings is 1. The fourth-order valence-electron chi connectivity index (χ4n) is 2.09. The molecule has 1 aromatic carbocycles. The Labute approximate surface area is 136 Å². The Balaban J connectivity index is 1.66. The third kappa shape index (κ3) is 2.27. The number of carbonyl (C=O) groups excluding carboxylic acids is 1. The predicted molar refractivity (Wildman–Crippen MR) is 90.5 cm³/mol. The molecule has 0 aliphatic heterocycles. The van der Waals surface area contributed by atoms with Gasteiger partial charge in [0, 0.05) is 21.7 Å². The number of nitrogens with zero attached hydrogens (tertiary/aromatic N) is 2. The average molecular weight is 378 g/mol. The number of thiophene rings is 1. The topological polar surface area (TPSA) is 46.4 Å². The van der Waals surface area contributed by atoms with Crippen LogP contribution in [0.25, 0.3) is 15.3 Å². The second-order valence-corrected chi connectivity index (χ2v) is 7.25. The molecule has 0 saturated heterocycles. The molecule has 21 heavy (non-hydrogen) atoms. The summed E-state index contributed by atoms with van der Waals surface area (Å²) in [5, 5.41) is 4.88. The summed E-state index contributed by atoms with van der Waals surface area (Å²) in [4.78, 5) is 19.3. The summed E-state index contributed by atoms with van der Waals surface area (Å²) >= 11 is 6.37. The number of aromatic nitrogens is 2. The van der Waals surface area contributed by atoms with Gasteiger partial charge in [0.25, 0.3) is 5.91 Å². The Morgan fingerprint density at radius 2 is 2.10 bits per heavy atom. The van der Waals surface area contributed by atoms with E-state index in [4.69, 9.17) is 0 Å². The molecule has 0 aliphatic carbocycles. The van der Waals surface area contributed by atoms with Crippen LogP contribution in [0, 0.1) is 0 Å². The molecule has 0 atom stereocenters. The van der Waals surface area contributed by atoms with E-state index >= 15 is 0 Å². The number of rotatable bonds is 2. The highest BCUT2D eigenvalue weighted by Gasteiger charge is 2.15. The molecule has 0 saturated carbocycles. The van der Waals surface area contributed by atoms with Crippen LogP contribution in [0.15, 0.2) is 46.4 Å². The Hall–Kier alpha value is -1.70. The third-order valence-electron chi connectivity index (χ3n) is 3.07. The normalized spacial score (nSPS) is 11.3. The number of nitrogens with one attached hydrogen (secondary N) is 1. The fourth-order valence-corrected chi connectivity index (χ4v) is 4.05. The van der Waals surface area contributed by atoms with E-state index in [9.17, 15) is 4.79 Å². The van der Waals surface area contributed by atoms with Crippen LogP contribution in [-0.4, -0.2) is 15.3 Å². The van der Waals surface area contributed by atoms with Gasteiger partial charge in [-0.3, -0.25) is 9.20 Å². The lowest BCUT2D eigenvalue weighted by Gasteiger charge is -2.02. The minimum Gasteiger partial charge on any atom is -0.321 e. The van der Waals surface area contributed by atoms with Gasteiger partial charge < -0.3 is 5.32 Å². The highest BCUT2D eigenvalue weighted by Crippen LogP contribution is 2.28. The lowest BCUT2D eigenvalue weighted by Crippen LogP contribution is -2.09. The molecule has 3 heterocycles. The van der Waals surface area contributed by atoms with Crippen molar-refractivity contribution >= 4 is 65.5 Å². The summed E-state index contributed by atoms with van der Waals surface area (Å²) in [5.41, 5.74) is 1.76. The number of thiazole rings is 1. The highest BCUT2D eigenvalue weighted by molar-refractivity contribution is 9.10. The van der Waals surface area contributed by atoms with Gasteiger partial charge in [0.1, 0.15) is 4.83 Å². The van der Waals surface area contributed by atoms with Crippen molar-refractivity contribution in [3.63, 3.8) is 0 Å². The van der Waals surface area contributed by atoms with Crippen LogP contribution in [-0.2, 0) is 0 Å². The smallest absolute Gasteiger partial charge is 0.265 e. The SMILES string of the molecule is O=C(Nc1ccc(Br)cc1)c1cc2c(nc3sccn32)s1. The zero-order valence-electron chi connectivity index (χ0n) is 10.5. The molecule has 1 amide bonds. The number of carbonyl (C=O) groups is 1. The first-order chi connectivity index (χ1) is 10.2. The van der Waals surface area contributed by atoms with Crippen molar-refractivity contribution in [1.29, 1.82) is 0 Å². The van der Waals surface area contributed by atoms with Gasteiger partial charge >= 0.3 is 0 Å². The first-order valence-electron chi connectivity index (χ1n) is 6.13. The van der Waals surface area contributed by atoms with Gasteiger partial charge in [-0.2, -0.15) is 0 Å². The fraction of sp³-hybridized carbons (Fsp3) is 0. The van der Waals surface area contributed by atoms with Crippen molar-refractivity contribution in [3.8, 4) is 0 Å². The minimum atomic E-state index is -0.107. The van der Waals surface area contributed by atoms with E-state index in [1.807, 2.05) is 46.3 Å². The Morgan fingerprint density at radius 3 is 2.90 bits per heavy atom. The second kappa shape index (κ2) is 4.94. The van der Waals surface area contributed by atoms with Gasteiger partial charge in [-0.15, -0.1) is 22.7 Å². The Morgan fingerprint density at radius 1 is 1.29 bits per heavy atom. The molecule has 104 valence electrons. The quantitative estimate of drug-likeness (QED) is 0.553. The molecule has 0 unspecified atom stereocenters. The summed E-state index contributed by atoms with van der Waals surface area (Å²) in [6.45, 7) is 0. The molecule has 0 bridgehead atoms. The molecule has 3 aromatic heterocycles. The van der Waals surface area contributed by atoms with E-state index in [0.29, 0.717) is 4.88 Å². The molecule has 0 aliphatic rings. The first-order valence-corrected chi connectivity index (χ1v) is 8.62. The zero-order valence-corrected chi connectivity index (χ0v) is 13.8. The minimum absolute atomic E-state index is 0.107. The summed E-state index contributed by atoms with van der Waals surface area (Å²) in [5.74, 6) is -0.107. The van der Waals surface area contributed by atoms with Crippen LogP contribution in [0.3, 0.4) is 0 Å². The van der Waals surface area contributed by atoms with E-state index in [2.05, 4.69) is 26.2 Å². The number of amides is 1. The molecule has 0 spiro atoms. The van der Waals surface area contributed by atoms with Crippen molar-refractivity contribution in [2.75, 3.05) is 5.32 Å². The lowest BCUT2D eigenvalue weighted by molar-refractivity contribution is 0.103. The van der Waals surface area contributed by atoms with Crippen LogP contribution in [0.2, 0.25) is 0 Å². The summed E-state index contributed by atoms with van der Waals surface area (Å²) in [7, 11) is 0. The number of fused-ring (bicyclic) bond motifs is 3. The molecule has 0 fully saturated rings. The van der Waals surface area contributed by atoms with Crippen LogP contribution in [0.5, 0.6) is 0 Å². The van der Waals surface area contributed by atoms with E-state index in [1.165, 1.54) is 11.3 Å². The molecular weight excluding hydrogens is 370 g/mol. The van der Waals surface area contributed by atoms with E-state index < -0.39 is 0 Å². The summed E-state index contributed by atoms with van der Waals surface area (Å²) < 4.78 is 2.99. The Bertz CT molecular complexity index is 952. The molecule has 4 nitrogen and oxygen atoms in total. The first kappa shape index (κ1) is 13.0. The highest BCUT2D eigenvalue weighted by atomic mass is 79.9. The molecule has 4 aromatic rings. The van der Waals surface area contributed by atoms with Crippen molar-refractivity contribution in [2.45, 2.75) is 0 Å². The van der Waals surface area contributed by atoms with Crippen molar-refractivity contribution in [1.82, 2.24) is 9.38 Å². The van der Waals surface area contributed by atoms with Gasteiger partial charge in [-0.25, -0.2) is 4.98 Å². The van der Waals surface area contributed by atoms with Crippen LogP contribution < -0.4 is 5.32 Å². The summed E-state index contributed by atoms with van der Waals surface area (Å²) in [6, 6.07) is 9.40. The van der Waals surface area contributed by atoms with E-state index in [-0.39, 0.29) is 5.91 Å². The number of benzene rings is 1. The van der Waals surface area contributed by atoms with Gasteiger partial charge in [0.05, 0.1) is 10.4 Å². The number of halogens is 1. The molecule has 7 heteroatoms. The Kier molecular flexibility index (Phi) is 3.06. The standard InChI is InChI=1S/C14H8BrN3OS2/c15-8-1-3-9(4-2-8)16-12(19)11-7-10-13(21-11)17-14-18(10)5-6-20-14/h1-7H,(H,16,19). The number of anilines is 1. The maximum atomic E-state index is 12.3. The van der Waals surface area contributed by atoms with Crippen LogP contribution in [0.1, 0.15) is 9.67 Å². The zero-order chi connectivity index (χ0) is 14.4. The van der Waals surface area contributed by atoms with Gasteiger partial charge in [0.15, 0.2) is 4.96 Å². The monoisotopic (exact) mass is 377 g/mol. The molecule has 1 N–H and O–H groups in total. The number of hydrogen-bond donors (Lipinski definition) is 1. The molecular formula is C14H8BrN3OS2. The maximum Gasteiger partial charge on any atom is 0.265 e. The predicted octanol–water partition coefficient (Wildman–Crippen LogP) is 4.63. The van der Waals surface area contributed by atoms with Crippen LogP contribution >= 0.6 is 38.6 Å². The van der Waals surface area contributed by atoms with Crippen molar-refractivity contribution in [2.24, 2.45) is 0 Å². The molecule has 4 rings (SSSR count). The average Bonchev–Trinajstić information content (AvgIpc) is 3.12. The van der Waals surface area contributed by atoms with Gasteiger partial charge in [0.2, 0.25) is 0 Å². The van der Waals surface area contributed by atoms with Gasteiger partial charge in [-0.05, 0) is 30.3 Å². The lowest BCUT2D eigenvalue weighted by atomic mass is 10.3. The van der Waals surface area contributed by atoms with Crippen molar-refractivity contribution in [3.05, 3.63) is 51.3 Å². The second-order valence-electron chi connectivity index (χ2n) is 4.43. The van der Waals surface area contributed by atoms with Crippen LogP contribution in [0.4, 0.5) is 5.69 Å². The largest absolute Gasteiger partial charge is 0.321 e. The maximum absolute atomic E-state index is 12.3. The van der Waals surface area contributed by atoms with E-state index in [1.54, 1.807) is 11.3 Å². The van der Waals surface area contributed by atoms with Crippen molar-refractivity contribution < 1.29 is 4.79 Å². The van der Waals surface area contributed by atoms with E-state index in [0.717, 1.165) is 25.5 Å².